The summed E-state index contributed by atoms with van der Waals surface area (Å²) in [6.45, 7) is 0.982. The first-order valence-electron chi connectivity index (χ1n) is 3.60. The summed E-state index contributed by atoms with van der Waals surface area (Å²) in [4.78, 5) is 1.35. The van der Waals surface area contributed by atoms with E-state index >= 15 is 0 Å². The monoisotopic (exact) mass is 166 g/mol. The minimum Gasteiger partial charge on any atom is -0.388 e. The van der Waals surface area contributed by atoms with Gasteiger partial charge in [-0.3, -0.25) is 4.72 Å². The molecule has 0 spiro atoms. The van der Waals surface area contributed by atoms with Crippen molar-refractivity contribution in [3.8, 4) is 0 Å². The van der Waals surface area contributed by atoms with Gasteiger partial charge in [0.15, 0.2) is 0 Å². The third-order valence-corrected chi connectivity index (χ3v) is 2.70. The predicted molar refractivity (Wildman–Crippen MR) is 48.7 cm³/mol. The van der Waals surface area contributed by atoms with E-state index in [2.05, 4.69) is 28.2 Å². The van der Waals surface area contributed by atoms with Gasteiger partial charge in [0.05, 0.1) is 0 Å². The standard InChI is InChI=1S/C8H10N2S/c1-9-7-2-3-8-6(4-7)5-10-11-8/h2-4,9-10H,5H2,1H3. The van der Waals surface area contributed by atoms with Crippen LogP contribution in [0.3, 0.4) is 0 Å². The van der Waals surface area contributed by atoms with E-state index in [0.29, 0.717) is 0 Å². The SMILES string of the molecule is CNc1ccc2c(c1)CNS2. The van der Waals surface area contributed by atoms with Crippen LogP contribution in [0.2, 0.25) is 0 Å². The van der Waals surface area contributed by atoms with Gasteiger partial charge in [-0.05, 0) is 35.7 Å². The third kappa shape index (κ3) is 1.21. The van der Waals surface area contributed by atoms with Gasteiger partial charge in [0, 0.05) is 24.2 Å². The number of nitrogens with one attached hydrogen (secondary N) is 2. The van der Waals surface area contributed by atoms with Gasteiger partial charge in [-0.1, -0.05) is 0 Å². The number of hydrogen-bond acceptors (Lipinski definition) is 3. The number of rotatable bonds is 1. The zero-order valence-electron chi connectivity index (χ0n) is 6.35. The molecule has 58 valence electrons. The highest BCUT2D eigenvalue weighted by molar-refractivity contribution is 7.97. The normalized spacial score (nSPS) is 14.6. The lowest BCUT2D eigenvalue weighted by molar-refractivity contribution is 0.994. The molecule has 1 aliphatic heterocycles. The van der Waals surface area contributed by atoms with Crippen molar-refractivity contribution in [1.82, 2.24) is 4.72 Å². The van der Waals surface area contributed by atoms with E-state index in [0.717, 1.165) is 6.54 Å². The molecule has 2 nitrogen and oxygen atoms in total. The van der Waals surface area contributed by atoms with E-state index in [1.54, 1.807) is 11.9 Å². The average molecular weight is 166 g/mol. The summed E-state index contributed by atoms with van der Waals surface area (Å²) in [5.41, 5.74) is 2.58. The van der Waals surface area contributed by atoms with Gasteiger partial charge in [-0.15, -0.1) is 0 Å². The van der Waals surface area contributed by atoms with E-state index < -0.39 is 0 Å². The fraction of sp³-hybridized carbons (Fsp3) is 0.250. The molecule has 0 atom stereocenters. The highest BCUT2D eigenvalue weighted by Gasteiger charge is 2.09. The Labute approximate surface area is 70.5 Å². The van der Waals surface area contributed by atoms with E-state index in [1.807, 2.05) is 7.05 Å². The highest BCUT2D eigenvalue weighted by atomic mass is 32.2. The first kappa shape index (κ1) is 7.00. The number of hydrogen-bond donors (Lipinski definition) is 2. The molecule has 11 heavy (non-hydrogen) atoms. The molecule has 0 radical (unpaired) electrons. The molecule has 3 heteroatoms. The second kappa shape index (κ2) is 2.75. The first-order valence-corrected chi connectivity index (χ1v) is 4.42. The number of fused-ring (bicyclic) bond motifs is 1. The van der Waals surface area contributed by atoms with E-state index in [-0.39, 0.29) is 0 Å². The quantitative estimate of drug-likeness (QED) is 0.622. The fourth-order valence-electron chi connectivity index (χ4n) is 1.16. The Kier molecular flexibility index (Phi) is 1.75. The van der Waals surface area contributed by atoms with Gasteiger partial charge in [-0.25, -0.2) is 0 Å². The topological polar surface area (TPSA) is 24.1 Å². The van der Waals surface area contributed by atoms with Crippen LogP contribution >= 0.6 is 11.9 Å². The molecule has 1 heterocycles. The third-order valence-electron chi connectivity index (χ3n) is 1.79. The largest absolute Gasteiger partial charge is 0.388 e. The molecule has 1 aromatic rings. The molecule has 0 saturated heterocycles. The Morgan fingerprint density at radius 3 is 3.27 bits per heavy atom. The molecule has 2 N–H and O–H groups in total. The molecule has 0 aliphatic carbocycles. The van der Waals surface area contributed by atoms with Crippen molar-refractivity contribution < 1.29 is 0 Å². The minimum atomic E-state index is 0.982. The van der Waals surface area contributed by atoms with Crippen LogP contribution in [0.25, 0.3) is 0 Å². The molecule has 0 saturated carbocycles. The van der Waals surface area contributed by atoms with Gasteiger partial charge in [-0.2, -0.15) is 0 Å². The molecular weight excluding hydrogens is 156 g/mol. The second-order valence-electron chi connectivity index (χ2n) is 2.50. The molecule has 2 rings (SSSR count). The zero-order chi connectivity index (χ0) is 7.68. The van der Waals surface area contributed by atoms with Crippen molar-refractivity contribution >= 4 is 17.6 Å². The Morgan fingerprint density at radius 2 is 2.45 bits per heavy atom. The minimum absolute atomic E-state index is 0.982. The summed E-state index contributed by atoms with van der Waals surface area (Å²) in [5, 5.41) is 3.12. The summed E-state index contributed by atoms with van der Waals surface area (Å²) in [5.74, 6) is 0. The summed E-state index contributed by atoms with van der Waals surface area (Å²) in [7, 11) is 1.94. The van der Waals surface area contributed by atoms with E-state index in [1.165, 1.54) is 16.1 Å². The lowest BCUT2D eigenvalue weighted by Gasteiger charge is -2.01. The summed E-state index contributed by atoms with van der Waals surface area (Å²) in [6.07, 6.45) is 0. The summed E-state index contributed by atoms with van der Waals surface area (Å²) in [6, 6.07) is 6.42. The zero-order valence-corrected chi connectivity index (χ0v) is 7.16. The lowest BCUT2D eigenvalue weighted by atomic mass is 10.2. The van der Waals surface area contributed by atoms with Crippen molar-refractivity contribution in [3.63, 3.8) is 0 Å². The van der Waals surface area contributed by atoms with Gasteiger partial charge < -0.3 is 5.32 Å². The van der Waals surface area contributed by atoms with E-state index in [9.17, 15) is 0 Å². The maximum absolute atomic E-state index is 3.23. The van der Waals surface area contributed by atoms with Crippen LogP contribution in [-0.2, 0) is 6.54 Å². The maximum atomic E-state index is 3.23. The molecule has 0 unspecified atom stereocenters. The van der Waals surface area contributed by atoms with Crippen molar-refractivity contribution in [3.05, 3.63) is 23.8 Å². The summed E-state index contributed by atoms with van der Waals surface area (Å²) >= 11 is 1.71. The molecular formula is C8H10N2S. The second-order valence-corrected chi connectivity index (χ2v) is 3.43. The smallest absolute Gasteiger partial charge is 0.0341 e. The Balaban J connectivity index is 2.41. The van der Waals surface area contributed by atoms with Gasteiger partial charge in [0.2, 0.25) is 0 Å². The predicted octanol–water partition coefficient (Wildman–Crippen LogP) is 1.84. The van der Waals surface area contributed by atoms with Crippen LogP contribution in [-0.4, -0.2) is 7.05 Å². The number of benzene rings is 1. The highest BCUT2D eigenvalue weighted by Crippen LogP contribution is 2.28. The van der Waals surface area contributed by atoms with Crippen molar-refractivity contribution in [2.75, 3.05) is 12.4 Å². The van der Waals surface area contributed by atoms with Gasteiger partial charge >= 0.3 is 0 Å². The van der Waals surface area contributed by atoms with Crippen LogP contribution in [0.1, 0.15) is 5.56 Å². The van der Waals surface area contributed by atoms with Gasteiger partial charge in [0.25, 0.3) is 0 Å². The molecule has 0 bridgehead atoms. The van der Waals surface area contributed by atoms with Crippen LogP contribution in [0.5, 0.6) is 0 Å². The summed E-state index contributed by atoms with van der Waals surface area (Å²) < 4.78 is 3.23. The number of anilines is 1. The van der Waals surface area contributed by atoms with Crippen molar-refractivity contribution in [2.45, 2.75) is 11.4 Å². The average Bonchev–Trinajstić information content (AvgIpc) is 2.50. The molecule has 0 amide bonds. The first-order chi connectivity index (χ1) is 5.40. The Bertz CT molecular complexity index is 273. The molecule has 1 aromatic carbocycles. The lowest BCUT2D eigenvalue weighted by Crippen LogP contribution is -1.93. The van der Waals surface area contributed by atoms with Gasteiger partial charge in [0.1, 0.15) is 0 Å². The van der Waals surface area contributed by atoms with Crippen LogP contribution in [0.15, 0.2) is 23.1 Å². The van der Waals surface area contributed by atoms with Crippen LogP contribution in [0.4, 0.5) is 5.69 Å². The van der Waals surface area contributed by atoms with Crippen molar-refractivity contribution in [1.29, 1.82) is 0 Å². The molecule has 1 aliphatic rings. The fourth-order valence-corrected chi connectivity index (χ4v) is 1.95. The van der Waals surface area contributed by atoms with E-state index in [4.69, 9.17) is 0 Å². The molecule has 0 aromatic heterocycles. The Morgan fingerprint density at radius 1 is 1.55 bits per heavy atom. The molecule has 0 fully saturated rings. The van der Waals surface area contributed by atoms with Crippen molar-refractivity contribution in [2.24, 2.45) is 0 Å². The van der Waals surface area contributed by atoms with Crippen LogP contribution in [0, 0.1) is 0 Å². The van der Waals surface area contributed by atoms with Crippen LogP contribution < -0.4 is 10.0 Å². The Hall–Kier alpha value is -0.670. The maximum Gasteiger partial charge on any atom is 0.0341 e.